The van der Waals surface area contributed by atoms with Crippen LogP contribution >= 0.6 is 11.6 Å². The molecule has 0 amide bonds. The van der Waals surface area contributed by atoms with E-state index in [-0.39, 0.29) is 5.82 Å². The number of nitrogens with zero attached hydrogens (tertiary/aromatic N) is 1. The van der Waals surface area contributed by atoms with E-state index in [4.69, 9.17) is 11.6 Å². The van der Waals surface area contributed by atoms with Gasteiger partial charge in [0.15, 0.2) is 0 Å². The van der Waals surface area contributed by atoms with Crippen LogP contribution in [-0.4, -0.2) is 10.1 Å². The Kier molecular flexibility index (Phi) is 3.86. The van der Waals surface area contributed by atoms with E-state index in [9.17, 15) is 9.50 Å². The standard InChI is InChI=1S/C17H13ClFNO/c18-15-10-14(19)6-5-12(15)9-17(21)13-4-3-11-2-1-7-20-16(11)8-13/h1-8,10,17,21H,9H2. The smallest absolute Gasteiger partial charge is 0.124 e. The monoisotopic (exact) mass is 301 g/mol. The summed E-state index contributed by atoms with van der Waals surface area (Å²) in [5.74, 6) is -0.381. The fraction of sp³-hybridized carbons (Fsp3) is 0.118. The van der Waals surface area contributed by atoms with Crippen molar-refractivity contribution in [3.63, 3.8) is 0 Å². The molecule has 4 heteroatoms. The number of aromatic nitrogens is 1. The van der Waals surface area contributed by atoms with Gasteiger partial charge in [0.05, 0.1) is 11.6 Å². The Morgan fingerprint density at radius 2 is 2.00 bits per heavy atom. The van der Waals surface area contributed by atoms with E-state index in [0.717, 1.165) is 16.5 Å². The molecule has 0 bridgehead atoms. The third-order valence-corrected chi connectivity index (χ3v) is 3.79. The number of aliphatic hydroxyl groups excluding tert-OH is 1. The van der Waals surface area contributed by atoms with Gasteiger partial charge < -0.3 is 5.11 Å². The van der Waals surface area contributed by atoms with Gasteiger partial charge in [0, 0.05) is 23.0 Å². The molecule has 2 aromatic carbocycles. The zero-order valence-electron chi connectivity index (χ0n) is 11.1. The summed E-state index contributed by atoms with van der Waals surface area (Å²) in [5.41, 5.74) is 2.31. The Morgan fingerprint density at radius 1 is 1.14 bits per heavy atom. The number of pyridine rings is 1. The number of aliphatic hydroxyl groups is 1. The molecule has 2 nitrogen and oxygen atoms in total. The highest BCUT2D eigenvalue weighted by Crippen LogP contribution is 2.26. The first-order valence-electron chi connectivity index (χ1n) is 6.60. The summed E-state index contributed by atoms with van der Waals surface area (Å²) in [6.07, 6.45) is 1.34. The van der Waals surface area contributed by atoms with Crippen molar-refractivity contribution in [3.8, 4) is 0 Å². The summed E-state index contributed by atoms with van der Waals surface area (Å²) in [6, 6.07) is 13.7. The van der Waals surface area contributed by atoms with Crippen LogP contribution in [0.3, 0.4) is 0 Å². The Hall–Kier alpha value is -1.97. The molecule has 1 atom stereocenters. The second-order valence-corrected chi connectivity index (χ2v) is 5.32. The maximum Gasteiger partial charge on any atom is 0.124 e. The normalized spacial score (nSPS) is 12.5. The first-order chi connectivity index (χ1) is 10.1. The van der Waals surface area contributed by atoms with Crippen LogP contribution in [0.25, 0.3) is 10.9 Å². The molecule has 1 heterocycles. The van der Waals surface area contributed by atoms with Crippen molar-refractivity contribution in [2.45, 2.75) is 12.5 Å². The summed E-state index contributed by atoms with van der Waals surface area (Å²) >= 11 is 5.99. The van der Waals surface area contributed by atoms with Crippen molar-refractivity contribution in [2.24, 2.45) is 0 Å². The van der Waals surface area contributed by atoms with Crippen LogP contribution in [0.2, 0.25) is 5.02 Å². The quantitative estimate of drug-likeness (QED) is 0.782. The van der Waals surface area contributed by atoms with Gasteiger partial charge >= 0.3 is 0 Å². The fourth-order valence-electron chi connectivity index (χ4n) is 2.30. The Balaban J connectivity index is 1.87. The molecule has 106 valence electrons. The highest BCUT2D eigenvalue weighted by Gasteiger charge is 2.12. The zero-order chi connectivity index (χ0) is 14.8. The van der Waals surface area contributed by atoms with Crippen molar-refractivity contribution in [1.29, 1.82) is 0 Å². The maximum atomic E-state index is 13.0. The van der Waals surface area contributed by atoms with Crippen molar-refractivity contribution in [3.05, 3.63) is 76.7 Å². The Labute approximate surface area is 126 Å². The van der Waals surface area contributed by atoms with Crippen LogP contribution in [0.1, 0.15) is 17.2 Å². The van der Waals surface area contributed by atoms with Gasteiger partial charge in [-0.1, -0.05) is 35.9 Å². The summed E-state index contributed by atoms with van der Waals surface area (Å²) in [7, 11) is 0. The summed E-state index contributed by atoms with van der Waals surface area (Å²) < 4.78 is 13.0. The minimum atomic E-state index is -0.709. The lowest BCUT2D eigenvalue weighted by molar-refractivity contribution is 0.178. The predicted octanol–water partition coefficient (Wildman–Crippen LogP) is 4.30. The molecule has 1 aromatic heterocycles. The van der Waals surface area contributed by atoms with Crippen LogP contribution in [0.5, 0.6) is 0 Å². The minimum absolute atomic E-state index is 0.327. The first kappa shape index (κ1) is 14.0. The maximum absolute atomic E-state index is 13.0. The molecule has 0 saturated carbocycles. The topological polar surface area (TPSA) is 33.1 Å². The number of benzene rings is 2. The van der Waals surface area contributed by atoms with E-state index in [2.05, 4.69) is 4.98 Å². The molecule has 1 N–H and O–H groups in total. The lowest BCUT2D eigenvalue weighted by Crippen LogP contribution is -2.02. The van der Waals surface area contributed by atoms with Gasteiger partial charge in [-0.2, -0.15) is 0 Å². The molecule has 0 aliphatic carbocycles. The summed E-state index contributed by atoms with van der Waals surface area (Å²) in [5, 5.41) is 11.7. The first-order valence-corrected chi connectivity index (χ1v) is 6.98. The predicted molar refractivity (Wildman–Crippen MR) is 81.8 cm³/mol. The molecular weight excluding hydrogens is 289 g/mol. The lowest BCUT2D eigenvalue weighted by atomic mass is 10.00. The van der Waals surface area contributed by atoms with Crippen molar-refractivity contribution >= 4 is 22.5 Å². The highest BCUT2D eigenvalue weighted by atomic mass is 35.5. The van der Waals surface area contributed by atoms with Gasteiger partial charge in [-0.3, -0.25) is 4.98 Å². The van der Waals surface area contributed by atoms with Gasteiger partial charge in [-0.25, -0.2) is 4.39 Å². The minimum Gasteiger partial charge on any atom is -0.388 e. The van der Waals surface area contributed by atoms with Crippen LogP contribution in [0, 0.1) is 5.82 Å². The SMILES string of the molecule is OC(Cc1ccc(F)cc1Cl)c1ccc2cccnc2c1. The average Bonchev–Trinajstić information content (AvgIpc) is 2.49. The number of fused-ring (bicyclic) bond motifs is 1. The molecule has 0 fully saturated rings. The molecule has 0 aliphatic heterocycles. The molecule has 3 rings (SSSR count). The second kappa shape index (κ2) is 5.80. The van der Waals surface area contributed by atoms with E-state index in [0.29, 0.717) is 17.0 Å². The fourth-order valence-corrected chi connectivity index (χ4v) is 2.55. The van der Waals surface area contributed by atoms with Crippen LogP contribution in [0.15, 0.2) is 54.7 Å². The lowest BCUT2D eigenvalue weighted by Gasteiger charge is -2.13. The van der Waals surface area contributed by atoms with Gasteiger partial charge in [0.1, 0.15) is 5.82 Å². The summed E-state index contributed by atoms with van der Waals surface area (Å²) in [4.78, 5) is 4.27. The number of rotatable bonds is 3. The van der Waals surface area contributed by atoms with Gasteiger partial charge in [-0.15, -0.1) is 0 Å². The van der Waals surface area contributed by atoms with Crippen molar-refractivity contribution in [1.82, 2.24) is 4.98 Å². The van der Waals surface area contributed by atoms with Gasteiger partial charge in [-0.05, 0) is 35.4 Å². The zero-order valence-corrected chi connectivity index (χ0v) is 11.9. The van der Waals surface area contributed by atoms with Crippen LogP contribution in [-0.2, 0) is 6.42 Å². The molecular formula is C17H13ClFNO. The molecule has 1 unspecified atom stereocenters. The molecule has 0 saturated heterocycles. The van der Waals surface area contributed by atoms with E-state index in [1.54, 1.807) is 12.3 Å². The molecule has 0 aliphatic rings. The Morgan fingerprint density at radius 3 is 2.81 bits per heavy atom. The largest absolute Gasteiger partial charge is 0.388 e. The molecule has 0 radical (unpaired) electrons. The molecule has 3 aromatic rings. The molecule has 0 spiro atoms. The third kappa shape index (κ3) is 3.04. The second-order valence-electron chi connectivity index (χ2n) is 4.91. The third-order valence-electron chi connectivity index (χ3n) is 3.44. The van der Waals surface area contributed by atoms with Crippen molar-refractivity contribution in [2.75, 3.05) is 0 Å². The highest BCUT2D eigenvalue weighted by molar-refractivity contribution is 6.31. The van der Waals surface area contributed by atoms with E-state index < -0.39 is 6.10 Å². The number of hydrogen-bond acceptors (Lipinski definition) is 2. The summed E-state index contributed by atoms with van der Waals surface area (Å²) in [6.45, 7) is 0. The van der Waals surface area contributed by atoms with Gasteiger partial charge in [0.25, 0.3) is 0 Å². The number of halogens is 2. The molecule has 21 heavy (non-hydrogen) atoms. The van der Waals surface area contributed by atoms with E-state index >= 15 is 0 Å². The average molecular weight is 302 g/mol. The Bertz CT molecular complexity index is 791. The van der Waals surface area contributed by atoms with Crippen LogP contribution in [0.4, 0.5) is 4.39 Å². The van der Waals surface area contributed by atoms with Crippen LogP contribution < -0.4 is 0 Å². The van der Waals surface area contributed by atoms with E-state index in [1.807, 2.05) is 30.3 Å². The van der Waals surface area contributed by atoms with E-state index in [1.165, 1.54) is 12.1 Å². The van der Waals surface area contributed by atoms with Gasteiger partial charge in [0.2, 0.25) is 0 Å². The number of hydrogen-bond donors (Lipinski definition) is 1. The van der Waals surface area contributed by atoms with Crippen molar-refractivity contribution < 1.29 is 9.50 Å².